The van der Waals surface area contributed by atoms with Crippen LogP contribution in [0, 0.1) is 5.92 Å². The number of rotatable bonds is 10. The molecule has 0 aliphatic rings. The third-order valence-electron chi connectivity index (χ3n) is 3.22. The molecular weight excluding hydrogens is 262 g/mol. The molecule has 2 atom stereocenters. The molecule has 0 spiro atoms. The summed E-state index contributed by atoms with van der Waals surface area (Å²) in [6.07, 6.45) is 0.691. The minimum absolute atomic E-state index is 0.109. The molecule has 2 amide bonds. The van der Waals surface area contributed by atoms with Crippen molar-refractivity contribution in [2.24, 2.45) is 5.92 Å². The van der Waals surface area contributed by atoms with Crippen molar-refractivity contribution in [3.05, 3.63) is 0 Å². The first-order chi connectivity index (χ1) is 9.42. The molecule has 118 valence electrons. The van der Waals surface area contributed by atoms with E-state index in [1.807, 2.05) is 18.9 Å². The zero-order valence-corrected chi connectivity index (χ0v) is 12.8. The maximum Gasteiger partial charge on any atom is 0.326 e. The van der Waals surface area contributed by atoms with Gasteiger partial charge in [0, 0.05) is 26.7 Å². The average molecular weight is 289 g/mol. The van der Waals surface area contributed by atoms with Crippen LogP contribution in [0.1, 0.15) is 20.3 Å². The average Bonchev–Trinajstić information content (AvgIpc) is 2.41. The molecule has 0 bridgehead atoms. The summed E-state index contributed by atoms with van der Waals surface area (Å²) >= 11 is 0. The Labute approximate surface area is 120 Å². The maximum absolute atomic E-state index is 11.6. The van der Waals surface area contributed by atoms with Crippen molar-refractivity contribution in [1.82, 2.24) is 15.5 Å². The lowest BCUT2D eigenvalue weighted by Crippen LogP contribution is -2.50. The molecule has 0 aromatic rings. The number of carboxylic acid groups (broad SMARTS) is 1. The number of hydrogen-bond donors (Lipinski definition) is 3. The van der Waals surface area contributed by atoms with E-state index in [9.17, 15) is 9.59 Å². The lowest BCUT2D eigenvalue weighted by Gasteiger charge is -2.21. The van der Waals surface area contributed by atoms with Crippen molar-refractivity contribution in [2.75, 3.05) is 40.4 Å². The molecule has 2 unspecified atom stereocenters. The van der Waals surface area contributed by atoms with Gasteiger partial charge < -0.3 is 25.4 Å². The lowest BCUT2D eigenvalue weighted by atomic mass is 9.99. The van der Waals surface area contributed by atoms with Crippen molar-refractivity contribution in [2.45, 2.75) is 26.3 Å². The topological polar surface area (TPSA) is 90.9 Å². The summed E-state index contributed by atoms with van der Waals surface area (Å²) in [5, 5.41) is 14.2. The number of carbonyl (C=O) groups excluding carboxylic acids is 1. The summed E-state index contributed by atoms with van der Waals surface area (Å²) in [5.74, 6) is -1.12. The molecule has 0 aromatic carbocycles. The molecule has 0 radical (unpaired) electrons. The lowest BCUT2D eigenvalue weighted by molar-refractivity contribution is -0.140. The van der Waals surface area contributed by atoms with Gasteiger partial charge in [-0.1, -0.05) is 20.3 Å². The Hall–Kier alpha value is -1.34. The van der Waals surface area contributed by atoms with E-state index < -0.39 is 18.0 Å². The second-order valence-electron chi connectivity index (χ2n) is 4.90. The van der Waals surface area contributed by atoms with Crippen LogP contribution in [0.5, 0.6) is 0 Å². The predicted octanol–water partition coefficient (Wildman–Crippen LogP) is 0.363. The third kappa shape index (κ3) is 7.96. The number of aliphatic carboxylic acids is 1. The Morgan fingerprint density at radius 2 is 2.00 bits per heavy atom. The summed E-state index contributed by atoms with van der Waals surface area (Å²) in [4.78, 5) is 24.7. The van der Waals surface area contributed by atoms with Crippen LogP contribution in [-0.4, -0.2) is 68.4 Å². The van der Waals surface area contributed by atoms with Crippen molar-refractivity contribution >= 4 is 12.0 Å². The van der Waals surface area contributed by atoms with Crippen molar-refractivity contribution in [1.29, 1.82) is 0 Å². The smallest absolute Gasteiger partial charge is 0.326 e. The van der Waals surface area contributed by atoms with Gasteiger partial charge in [0.2, 0.25) is 0 Å². The fourth-order valence-electron chi connectivity index (χ4n) is 1.59. The van der Waals surface area contributed by atoms with E-state index in [-0.39, 0.29) is 5.92 Å². The van der Waals surface area contributed by atoms with Gasteiger partial charge in [-0.05, 0) is 13.0 Å². The molecule has 0 fully saturated rings. The van der Waals surface area contributed by atoms with E-state index >= 15 is 0 Å². The first kappa shape index (κ1) is 18.7. The fraction of sp³-hybridized carbons (Fsp3) is 0.846. The highest BCUT2D eigenvalue weighted by molar-refractivity contribution is 5.82. The standard InChI is InChI=1S/C13H27N3O4/c1-5-10(2)11(12(17)18)15-13(19)14-6-7-16(3)8-9-20-4/h10-11H,5-9H2,1-4H3,(H,17,18)(H2,14,15,19). The Kier molecular flexibility index (Phi) is 9.75. The number of urea groups is 1. The number of ether oxygens (including phenoxy) is 1. The van der Waals surface area contributed by atoms with Crippen molar-refractivity contribution < 1.29 is 19.4 Å². The zero-order chi connectivity index (χ0) is 15.5. The van der Waals surface area contributed by atoms with Gasteiger partial charge in [-0.25, -0.2) is 9.59 Å². The highest BCUT2D eigenvalue weighted by Crippen LogP contribution is 2.07. The number of carboxylic acids is 1. The van der Waals surface area contributed by atoms with E-state index in [1.165, 1.54) is 0 Å². The Morgan fingerprint density at radius 3 is 2.50 bits per heavy atom. The minimum atomic E-state index is -1.01. The van der Waals surface area contributed by atoms with E-state index in [2.05, 4.69) is 10.6 Å². The summed E-state index contributed by atoms with van der Waals surface area (Å²) < 4.78 is 4.95. The molecule has 0 aliphatic carbocycles. The highest BCUT2D eigenvalue weighted by Gasteiger charge is 2.24. The monoisotopic (exact) mass is 289 g/mol. The number of methoxy groups -OCH3 is 1. The first-order valence-corrected chi connectivity index (χ1v) is 6.87. The van der Waals surface area contributed by atoms with E-state index in [4.69, 9.17) is 9.84 Å². The molecule has 0 saturated carbocycles. The SMILES string of the molecule is CCC(C)C(NC(=O)NCCN(C)CCOC)C(=O)O. The van der Waals surface area contributed by atoms with Gasteiger partial charge in [0.05, 0.1) is 6.61 Å². The quantitative estimate of drug-likeness (QED) is 0.540. The van der Waals surface area contributed by atoms with Gasteiger partial charge in [-0.15, -0.1) is 0 Å². The second kappa shape index (κ2) is 10.4. The number of nitrogens with zero attached hydrogens (tertiary/aromatic N) is 1. The van der Waals surface area contributed by atoms with E-state index in [0.29, 0.717) is 26.1 Å². The van der Waals surface area contributed by atoms with E-state index in [0.717, 1.165) is 6.54 Å². The summed E-state index contributed by atoms with van der Waals surface area (Å²) in [7, 11) is 3.57. The van der Waals surface area contributed by atoms with Gasteiger partial charge in [0.25, 0.3) is 0 Å². The second-order valence-corrected chi connectivity index (χ2v) is 4.90. The molecule has 7 heteroatoms. The Balaban J connectivity index is 3.99. The molecule has 0 saturated heterocycles. The van der Waals surface area contributed by atoms with Gasteiger partial charge in [-0.3, -0.25) is 0 Å². The first-order valence-electron chi connectivity index (χ1n) is 6.87. The van der Waals surface area contributed by atoms with Crippen LogP contribution in [0.3, 0.4) is 0 Å². The molecule has 0 heterocycles. The van der Waals surface area contributed by atoms with Crippen LogP contribution >= 0.6 is 0 Å². The van der Waals surface area contributed by atoms with Crippen LogP contribution in [0.2, 0.25) is 0 Å². The largest absolute Gasteiger partial charge is 0.480 e. The number of nitrogens with one attached hydrogen (secondary N) is 2. The van der Waals surface area contributed by atoms with Gasteiger partial charge in [0.1, 0.15) is 6.04 Å². The van der Waals surface area contributed by atoms with Crippen molar-refractivity contribution in [3.63, 3.8) is 0 Å². The summed E-state index contributed by atoms with van der Waals surface area (Å²) in [5.41, 5.74) is 0. The maximum atomic E-state index is 11.6. The highest BCUT2D eigenvalue weighted by atomic mass is 16.5. The number of amides is 2. The van der Waals surface area contributed by atoms with Crippen molar-refractivity contribution in [3.8, 4) is 0 Å². The van der Waals surface area contributed by atoms with Crippen LogP contribution < -0.4 is 10.6 Å². The van der Waals surface area contributed by atoms with Crippen LogP contribution in [0.15, 0.2) is 0 Å². The van der Waals surface area contributed by atoms with E-state index in [1.54, 1.807) is 14.0 Å². The Bertz CT molecular complexity index is 299. The van der Waals surface area contributed by atoms with Crippen LogP contribution in [0.25, 0.3) is 0 Å². The van der Waals surface area contributed by atoms with Gasteiger partial charge in [-0.2, -0.15) is 0 Å². The third-order valence-corrected chi connectivity index (χ3v) is 3.22. The van der Waals surface area contributed by atoms with Crippen LogP contribution in [-0.2, 0) is 9.53 Å². The molecule has 0 aromatic heterocycles. The molecular formula is C13H27N3O4. The summed E-state index contributed by atoms with van der Waals surface area (Å²) in [6.45, 7) is 6.25. The minimum Gasteiger partial charge on any atom is -0.480 e. The van der Waals surface area contributed by atoms with Crippen LogP contribution in [0.4, 0.5) is 4.79 Å². The number of likely N-dealkylation sites (N-methyl/N-ethyl adjacent to an activating group) is 1. The molecule has 0 aliphatic heterocycles. The predicted molar refractivity (Wildman–Crippen MR) is 76.8 cm³/mol. The molecule has 0 rings (SSSR count). The van der Waals surface area contributed by atoms with Gasteiger partial charge >= 0.3 is 12.0 Å². The number of carbonyl (C=O) groups is 2. The zero-order valence-electron chi connectivity index (χ0n) is 12.8. The fourth-order valence-corrected chi connectivity index (χ4v) is 1.59. The molecule has 3 N–H and O–H groups in total. The Morgan fingerprint density at radius 1 is 1.35 bits per heavy atom. The van der Waals surface area contributed by atoms with Gasteiger partial charge in [0.15, 0.2) is 0 Å². The normalized spacial score (nSPS) is 13.8. The number of hydrogen-bond acceptors (Lipinski definition) is 4. The molecule has 20 heavy (non-hydrogen) atoms. The summed E-state index contributed by atoms with van der Waals surface area (Å²) in [6, 6.07) is -1.30. The molecule has 7 nitrogen and oxygen atoms in total.